The van der Waals surface area contributed by atoms with Crippen LogP contribution in [-0.4, -0.2) is 67.2 Å². The first kappa shape index (κ1) is 21.5. The predicted octanol–water partition coefficient (Wildman–Crippen LogP) is -0.0113. The number of anilines is 1. The summed E-state index contributed by atoms with van der Waals surface area (Å²) in [6.07, 6.45) is 3.24. The highest BCUT2D eigenvalue weighted by molar-refractivity contribution is 8.00. The van der Waals surface area contributed by atoms with E-state index in [1.165, 1.54) is 29.5 Å². The van der Waals surface area contributed by atoms with Gasteiger partial charge in [0.1, 0.15) is 34.8 Å². The van der Waals surface area contributed by atoms with E-state index in [1.54, 1.807) is 6.07 Å². The number of carbonyl (C=O) groups excluding carboxylic acids is 3. The summed E-state index contributed by atoms with van der Waals surface area (Å²) in [5, 5.41) is 22.9. The lowest BCUT2D eigenvalue weighted by molar-refractivity contribution is -0.150. The number of carboxylic acids is 1. The Hall–Kier alpha value is -3.72. The van der Waals surface area contributed by atoms with Gasteiger partial charge < -0.3 is 25.1 Å². The maximum absolute atomic E-state index is 12.9. The highest BCUT2D eigenvalue weighted by atomic mass is 32.2. The second-order valence-electron chi connectivity index (χ2n) is 6.28. The Morgan fingerprint density at radius 2 is 2.31 bits per heavy atom. The highest BCUT2D eigenvalue weighted by Gasteiger charge is 2.53. The van der Waals surface area contributed by atoms with Gasteiger partial charge in [0.15, 0.2) is 17.5 Å². The molecule has 3 N–H and O–H groups in total. The predicted molar refractivity (Wildman–Crippen MR) is 110 cm³/mol. The minimum absolute atomic E-state index is 0.0851. The fourth-order valence-electron chi connectivity index (χ4n) is 2.93. The molecule has 1 unspecified atom stereocenters. The molecule has 3 amide bonds. The molecule has 1 saturated heterocycles. The molecule has 2 aromatic rings. The zero-order valence-corrected chi connectivity index (χ0v) is 17.6. The molecule has 2 aliphatic heterocycles. The summed E-state index contributed by atoms with van der Waals surface area (Å²) in [5.74, 6) is -2.13. The van der Waals surface area contributed by atoms with Gasteiger partial charge in [-0.2, -0.15) is 0 Å². The third kappa shape index (κ3) is 4.19. The van der Waals surface area contributed by atoms with E-state index in [0.717, 1.165) is 16.2 Å². The van der Waals surface area contributed by atoms with Gasteiger partial charge in [0.05, 0.1) is 0 Å². The largest absolute Gasteiger partial charge is 0.477 e. The lowest BCUT2D eigenvalue weighted by atomic mass is 10.0. The first-order valence-electron chi connectivity index (χ1n) is 8.94. The molecule has 0 saturated carbocycles. The van der Waals surface area contributed by atoms with Crippen molar-refractivity contribution in [3.8, 4) is 0 Å². The molecule has 13 nitrogen and oxygen atoms in total. The second kappa shape index (κ2) is 9.19. The fourth-order valence-corrected chi connectivity index (χ4v) is 4.78. The Morgan fingerprint density at radius 3 is 3.03 bits per heavy atom. The van der Waals surface area contributed by atoms with E-state index in [0.29, 0.717) is 17.9 Å². The van der Waals surface area contributed by atoms with Gasteiger partial charge in [-0.15, -0.1) is 23.1 Å². The molecule has 2 aromatic heterocycles. The Balaban J connectivity index is 1.51. The van der Waals surface area contributed by atoms with Gasteiger partial charge in [0, 0.05) is 17.2 Å². The molecule has 0 aromatic carbocycles. The number of amides is 3. The number of nitrogens with one attached hydrogen (secondary N) is 2. The number of nitrogens with zero attached hydrogens (tertiary/aromatic N) is 4. The van der Waals surface area contributed by atoms with E-state index in [2.05, 4.69) is 25.9 Å². The number of aliphatic carboxylic acids is 1. The molecule has 2 atom stereocenters. The monoisotopic (exact) mass is 478 g/mol. The molecule has 4 rings (SSSR count). The van der Waals surface area contributed by atoms with Crippen molar-refractivity contribution >= 4 is 58.1 Å². The zero-order valence-electron chi connectivity index (χ0n) is 16.0. The molecule has 0 aliphatic carbocycles. The summed E-state index contributed by atoms with van der Waals surface area (Å²) in [6, 6.07) is 0.613. The van der Waals surface area contributed by atoms with Gasteiger partial charge in [0.2, 0.25) is 6.41 Å². The van der Waals surface area contributed by atoms with Crippen LogP contribution in [0.1, 0.15) is 11.4 Å². The smallest absolute Gasteiger partial charge is 0.352 e. The van der Waals surface area contributed by atoms with Crippen molar-refractivity contribution < 1.29 is 33.6 Å². The van der Waals surface area contributed by atoms with Crippen LogP contribution in [0.4, 0.5) is 5.13 Å². The van der Waals surface area contributed by atoms with Gasteiger partial charge in [-0.25, -0.2) is 9.78 Å². The van der Waals surface area contributed by atoms with Crippen molar-refractivity contribution in [2.45, 2.75) is 18.0 Å². The van der Waals surface area contributed by atoms with Crippen LogP contribution in [0.2, 0.25) is 0 Å². The molecule has 0 radical (unpaired) electrons. The van der Waals surface area contributed by atoms with Crippen molar-refractivity contribution in [3.63, 3.8) is 0 Å². The van der Waals surface area contributed by atoms with Crippen LogP contribution in [0.5, 0.6) is 0 Å². The molecule has 0 bridgehead atoms. The summed E-state index contributed by atoms with van der Waals surface area (Å²) in [7, 11) is 0. The average molecular weight is 478 g/mol. The van der Waals surface area contributed by atoms with Crippen molar-refractivity contribution in [1.29, 1.82) is 0 Å². The number of aromatic nitrogens is 2. The molecule has 32 heavy (non-hydrogen) atoms. The van der Waals surface area contributed by atoms with E-state index >= 15 is 0 Å². The van der Waals surface area contributed by atoms with Gasteiger partial charge in [-0.3, -0.25) is 19.3 Å². The van der Waals surface area contributed by atoms with Crippen LogP contribution in [0, 0.1) is 0 Å². The SMILES string of the molecule is O=CNc1nc(C(=NOCc2ccon2)C(=O)NC2C(=O)N3C(C(=O)O)=CCS[C@H]23)cs1. The third-order valence-electron chi connectivity index (χ3n) is 4.36. The number of thiazole rings is 1. The number of oxime groups is 1. The van der Waals surface area contributed by atoms with Crippen molar-refractivity contribution in [2.75, 3.05) is 11.1 Å². The van der Waals surface area contributed by atoms with E-state index < -0.39 is 29.2 Å². The normalized spacial score (nSPS) is 20.0. The molecule has 4 heterocycles. The number of thioether (sulfide) groups is 1. The Bertz CT molecular complexity index is 1110. The maximum atomic E-state index is 12.9. The third-order valence-corrected chi connectivity index (χ3v) is 6.31. The molecule has 2 aliphatic rings. The Kier molecular flexibility index (Phi) is 6.18. The number of hydrogen-bond acceptors (Lipinski definition) is 11. The standard InChI is InChI=1S/C17H14N6O7S2/c24-7-18-17-19-9(6-32-17)11(22-30-5-8-1-3-29-21-8)13(25)20-12-14(26)23-10(16(27)28)2-4-31-15(12)23/h1-3,6-7,12,15H,4-5H2,(H,20,25)(H,27,28)(H,18,19,24)/t12?,15-/m1/s1. The van der Waals surface area contributed by atoms with E-state index in [4.69, 9.17) is 9.36 Å². The van der Waals surface area contributed by atoms with Gasteiger partial charge in [-0.1, -0.05) is 10.3 Å². The van der Waals surface area contributed by atoms with Gasteiger partial charge >= 0.3 is 5.97 Å². The number of fused-ring (bicyclic) bond motifs is 1. The van der Waals surface area contributed by atoms with Crippen LogP contribution in [0.25, 0.3) is 0 Å². The number of carbonyl (C=O) groups is 4. The quantitative estimate of drug-likeness (QED) is 0.192. The highest BCUT2D eigenvalue weighted by Crippen LogP contribution is 2.37. The molecular formula is C17H14N6O7S2. The second-order valence-corrected chi connectivity index (χ2v) is 8.29. The zero-order chi connectivity index (χ0) is 22.7. The summed E-state index contributed by atoms with van der Waals surface area (Å²) in [5.41, 5.74) is 0.206. The van der Waals surface area contributed by atoms with Crippen molar-refractivity contribution in [2.24, 2.45) is 5.16 Å². The van der Waals surface area contributed by atoms with Crippen LogP contribution in [-0.2, 0) is 30.6 Å². The lowest BCUT2D eigenvalue weighted by Gasteiger charge is -2.48. The van der Waals surface area contributed by atoms with Crippen LogP contribution < -0.4 is 10.6 Å². The van der Waals surface area contributed by atoms with Crippen LogP contribution in [0.3, 0.4) is 0 Å². The van der Waals surface area contributed by atoms with E-state index in [1.807, 2.05) is 0 Å². The van der Waals surface area contributed by atoms with Crippen molar-refractivity contribution in [3.05, 3.63) is 40.9 Å². The van der Waals surface area contributed by atoms with Crippen LogP contribution in [0.15, 0.2) is 39.2 Å². The van der Waals surface area contributed by atoms with Crippen molar-refractivity contribution in [1.82, 2.24) is 20.4 Å². The summed E-state index contributed by atoms with van der Waals surface area (Å²) in [6.45, 7) is -0.0851. The van der Waals surface area contributed by atoms with Crippen LogP contribution >= 0.6 is 23.1 Å². The average Bonchev–Trinajstić information content (AvgIpc) is 3.46. The van der Waals surface area contributed by atoms with E-state index in [9.17, 15) is 24.3 Å². The molecule has 0 spiro atoms. The number of hydrogen-bond donors (Lipinski definition) is 3. The van der Waals surface area contributed by atoms with E-state index in [-0.39, 0.29) is 28.8 Å². The lowest BCUT2D eigenvalue weighted by Crippen LogP contribution is -2.70. The maximum Gasteiger partial charge on any atom is 0.352 e. The molecule has 1 fully saturated rings. The number of rotatable bonds is 9. The molecule has 166 valence electrons. The summed E-state index contributed by atoms with van der Waals surface area (Å²) in [4.78, 5) is 57.9. The fraction of sp³-hybridized carbons (Fsp3) is 0.235. The summed E-state index contributed by atoms with van der Waals surface area (Å²) < 4.78 is 4.70. The van der Waals surface area contributed by atoms with Gasteiger partial charge in [0.25, 0.3) is 11.8 Å². The Morgan fingerprint density at radius 1 is 1.47 bits per heavy atom. The minimum atomic E-state index is -1.21. The first-order chi connectivity index (χ1) is 15.5. The topological polar surface area (TPSA) is 176 Å². The number of β-lactam (4-membered cyclic amide) rings is 1. The Labute approximate surface area is 187 Å². The number of carboxylic acid groups (broad SMARTS) is 1. The molecular weight excluding hydrogens is 464 g/mol. The summed E-state index contributed by atoms with van der Waals surface area (Å²) >= 11 is 2.38. The minimum Gasteiger partial charge on any atom is -0.477 e. The van der Waals surface area contributed by atoms with Gasteiger partial charge in [-0.05, 0) is 6.08 Å². The first-order valence-corrected chi connectivity index (χ1v) is 10.9. The molecule has 15 heteroatoms.